The van der Waals surface area contributed by atoms with E-state index in [0.29, 0.717) is 30.3 Å². The Kier molecular flexibility index (Phi) is 5.96. The van der Waals surface area contributed by atoms with Gasteiger partial charge in [-0.25, -0.2) is 8.42 Å². The van der Waals surface area contributed by atoms with Crippen molar-refractivity contribution in [2.45, 2.75) is 36.9 Å². The predicted octanol–water partition coefficient (Wildman–Crippen LogP) is 0.935. The number of rotatable bonds is 7. The fourth-order valence-corrected chi connectivity index (χ4v) is 5.59. The summed E-state index contributed by atoms with van der Waals surface area (Å²) in [5.74, 6) is -0.202. The van der Waals surface area contributed by atoms with Gasteiger partial charge in [-0.15, -0.1) is 11.3 Å². The van der Waals surface area contributed by atoms with Crippen molar-refractivity contribution < 1.29 is 13.2 Å². The van der Waals surface area contributed by atoms with Crippen LogP contribution in [0.25, 0.3) is 0 Å². The molecule has 0 radical (unpaired) electrons. The number of carbonyl (C=O) groups is 1. The van der Waals surface area contributed by atoms with Crippen molar-refractivity contribution in [1.29, 1.82) is 0 Å². The molecule has 1 atom stereocenters. The molecule has 1 amide bonds. The Morgan fingerprint density at radius 3 is 2.82 bits per heavy atom. The summed E-state index contributed by atoms with van der Waals surface area (Å²) in [5.41, 5.74) is 0. The van der Waals surface area contributed by atoms with Gasteiger partial charge in [-0.2, -0.15) is 4.31 Å². The Labute approximate surface area is 135 Å². The van der Waals surface area contributed by atoms with Gasteiger partial charge in [0.05, 0.1) is 0 Å². The fourth-order valence-electron chi connectivity index (χ4n) is 2.52. The van der Waals surface area contributed by atoms with E-state index in [1.165, 1.54) is 15.6 Å². The van der Waals surface area contributed by atoms with E-state index in [9.17, 15) is 13.2 Å². The third-order valence-corrected chi connectivity index (χ3v) is 7.01. The Morgan fingerprint density at radius 2 is 2.18 bits per heavy atom. The molecule has 1 fully saturated rings. The summed E-state index contributed by atoms with van der Waals surface area (Å²) in [4.78, 5) is 13.2. The van der Waals surface area contributed by atoms with Crippen LogP contribution in [0.5, 0.6) is 0 Å². The average Bonchev–Trinajstić information content (AvgIpc) is 3.12. The van der Waals surface area contributed by atoms with Crippen LogP contribution in [0.4, 0.5) is 0 Å². The molecule has 2 N–H and O–H groups in total. The van der Waals surface area contributed by atoms with Crippen molar-refractivity contribution in [3.05, 3.63) is 17.0 Å². The molecule has 1 aromatic rings. The number of hydrogen-bond acceptors (Lipinski definition) is 5. The van der Waals surface area contributed by atoms with Crippen molar-refractivity contribution in [3.8, 4) is 0 Å². The monoisotopic (exact) mass is 345 g/mol. The molecule has 0 saturated carbocycles. The zero-order chi connectivity index (χ0) is 16.2. The zero-order valence-corrected chi connectivity index (χ0v) is 14.6. The molecule has 2 heterocycles. The van der Waals surface area contributed by atoms with Gasteiger partial charge in [-0.1, -0.05) is 6.92 Å². The first-order valence-corrected chi connectivity index (χ1v) is 9.79. The van der Waals surface area contributed by atoms with Crippen LogP contribution in [0.2, 0.25) is 0 Å². The van der Waals surface area contributed by atoms with E-state index in [1.54, 1.807) is 12.1 Å². The highest BCUT2D eigenvalue weighted by Crippen LogP contribution is 2.30. The van der Waals surface area contributed by atoms with Crippen molar-refractivity contribution in [3.63, 3.8) is 0 Å². The molecular weight excluding hydrogens is 322 g/mol. The molecule has 6 nitrogen and oxygen atoms in total. The summed E-state index contributed by atoms with van der Waals surface area (Å²) >= 11 is 1.25. The first-order chi connectivity index (χ1) is 10.5. The van der Waals surface area contributed by atoms with Crippen LogP contribution in [0.1, 0.15) is 24.6 Å². The number of aryl methyl sites for hydroxylation is 1. The van der Waals surface area contributed by atoms with Gasteiger partial charge < -0.3 is 10.6 Å². The molecule has 1 aliphatic rings. The Balaban J connectivity index is 2.05. The molecule has 0 spiro atoms. The minimum absolute atomic E-state index is 0.202. The smallest absolute Gasteiger partial charge is 0.253 e. The van der Waals surface area contributed by atoms with Gasteiger partial charge in [-0.05, 0) is 38.4 Å². The summed E-state index contributed by atoms with van der Waals surface area (Å²) in [7, 11) is -3.57. The molecule has 1 aromatic heterocycles. The summed E-state index contributed by atoms with van der Waals surface area (Å²) in [6.45, 7) is 6.32. The number of nitrogens with zero attached hydrogens (tertiary/aromatic N) is 1. The van der Waals surface area contributed by atoms with Gasteiger partial charge >= 0.3 is 0 Å². The SMILES string of the molecule is CCNCCNC(=O)C1CCCN1S(=O)(=O)c1ccc(C)s1. The second-order valence-corrected chi connectivity index (χ2v) is 8.69. The molecule has 0 aromatic carbocycles. The lowest BCUT2D eigenvalue weighted by molar-refractivity contribution is -0.124. The largest absolute Gasteiger partial charge is 0.353 e. The highest BCUT2D eigenvalue weighted by Gasteiger charge is 2.39. The first-order valence-electron chi connectivity index (χ1n) is 7.53. The quantitative estimate of drug-likeness (QED) is 0.721. The summed E-state index contributed by atoms with van der Waals surface area (Å²) in [5, 5.41) is 5.93. The van der Waals surface area contributed by atoms with Gasteiger partial charge in [0.25, 0.3) is 10.0 Å². The fraction of sp³-hybridized carbons (Fsp3) is 0.643. The maximum Gasteiger partial charge on any atom is 0.253 e. The molecule has 0 aliphatic carbocycles. The first kappa shape index (κ1) is 17.4. The van der Waals surface area contributed by atoms with Crippen LogP contribution < -0.4 is 10.6 Å². The highest BCUT2D eigenvalue weighted by atomic mass is 32.2. The zero-order valence-electron chi connectivity index (χ0n) is 13.0. The molecule has 1 saturated heterocycles. The molecule has 1 aliphatic heterocycles. The molecule has 8 heteroatoms. The van der Waals surface area contributed by atoms with Crippen molar-refractivity contribution in [2.24, 2.45) is 0 Å². The second-order valence-electron chi connectivity index (χ2n) is 5.28. The summed E-state index contributed by atoms with van der Waals surface area (Å²) in [6.07, 6.45) is 1.30. The standard InChI is InChI=1S/C14H23N3O3S2/c1-3-15-8-9-16-14(18)12-5-4-10-17(12)22(19,20)13-7-6-11(2)21-13/h6-7,12,15H,3-5,8-10H2,1-2H3,(H,16,18). The normalized spacial score (nSPS) is 19.5. The molecular formula is C14H23N3O3S2. The number of likely N-dealkylation sites (N-methyl/N-ethyl adjacent to an activating group) is 1. The minimum atomic E-state index is -3.57. The van der Waals surface area contributed by atoms with Gasteiger partial charge in [-0.3, -0.25) is 4.79 Å². The van der Waals surface area contributed by atoms with E-state index >= 15 is 0 Å². The van der Waals surface area contributed by atoms with Crippen LogP contribution in [-0.2, 0) is 14.8 Å². The van der Waals surface area contributed by atoms with Gasteiger partial charge in [0, 0.05) is 24.5 Å². The molecule has 2 rings (SSSR count). The predicted molar refractivity (Wildman–Crippen MR) is 87.5 cm³/mol. The third kappa shape index (κ3) is 3.87. The van der Waals surface area contributed by atoms with Crippen molar-refractivity contribution >= 4 is 27.3 Å². The highest BCUT2D eigenvalue weighted by molar-refractivity contribution is 7.91. The number of hydrogen-bond donors (Lipinski definition) is 2. The lowest BCUT2D eigenvalue weighted by Crippen LogP contribution is -2.47. The van der Waals surface area contributed by atoms with E-state index in [-0.39, 0.29) is 5.91 Å². The van der Waals surface area contributed by atoms with Crippen LogP contribution in [0.15, 0.2) is 16.3 Å². The van der Waals surface area contributed by atoms with Crippen LogP contribution in [0, 0.1) is 6.92 Å². The number of sulfonamides is 1. The van der Waals surface area contributed by atoms with Crippen molar-refractivity contribution in [2.75, 3.05) is 26.2 Å². The lowest BCUT2D eigenvalue weighted by Gasteiger charge is -2.22. The lowest BCUT2D eigenvalue weighted by atomic mass is 10.2. The maximum absolute atomic E-state index is 12.7. The van der Waals surface area contributed by atoms with Gasteiger partial charge in [0.15, 0.2) is 0 Å². The number of thiophene rings is 1. The summed E-state index contributed by atoms with van der Waals surface area (Å²) < 4.78 is 27.0. The minimum Gasteiger partial charge on any atom is -0.353 e. The van der Waals surface area contributed by atoms with E-state index < -0.39 is 16.1 Å². The number of nitrogens with one attached hydrogen (secondary N) is 2. The molecule has 22 heavy (non-hydrogen) atoms. The van der Waals surface area contributed by atoms with Crippen LogP contribution >= 0.6 is 11.3 Å². The number of amides is 1. The Morgan fingerprint density at radius 1 is 1.41 bits per heavy atom. The Bertz CT molecular complexity index is 613. The second kappa shape index (κ2) is 7.54. The van der Waals surface area contributed by atoms with E-state index in [4.69, 9.17) is 0 Å². The van der Waals surface area contributed by atoms with Gasteiger partial charge in [0.1, 0.15) is 10.3 Å². The Hall–Kier alpha value is -0.960. The van der Waals surface area contributed by atoms with E-state index in [1.807, 2.05) is 13.8 Å². The van der Waals surface area contributed by atoms with Crippen LogP contribution in [-0.4, -0.2) is 50.9 Å². The maximum atomic E-state index is 12.7. The molecule has 124 valence electrons. The average molecular weight is 345 g/mol. The number of carbonyl (C=O) groups excluding carboxylic acids is 1. The molecule has 1 unspecified atom stereocenters. The van der Waals surface area contributed by atoms with E-state index in [0.717, 1.165) is 17.8 Å². The van der Waals surface area contributed by atoms with Crippen molar-refractivity contribution in [1.82, 2.24) is 14.9 Å². The van der Waals surface area contributed by atoms with E-state index in [2.05, 4.69) is 10.6 Å². The van der Waals surface area contributed by atoms with Crippen LogP contribution in [0.3, 0.4) is 0 Å². The van der Waals surface area contributed by atoms with Gasteiger partial charge in [0.2, 0.25) is 5.91 Å². The third-order valence-electron chi connectivity index (χ3n) is 3.64. The summed E-state index contributed by atoms with van der Waals surface area (Å²) in [6, 6.07) is 2.82. The molecule has 0 bridgehead atoms. The topological polar surface area (TPSA) is 78.5 Å².